The zero-order chi connectivity index (χ0) is 13.7. The maximum atomic E-state index is 13.2. The molecule has 2 rings (SSSR count). The first-order valence-electron chi connectivity index (χ1n) is 7.35. The van der Waals surface area contributed by atoms with Gasteiger partial charge in [0.2, 0.25) is 0 Å². The van der Waals surface area contributed by atoms with E-state index in [2.05, 4.69) is 6.92 Å². The van der Waals surface area contributed by atoms with Crippen LogP contribution in [-0.2, 0) is 0 Å². The third-order valence-corrected chi connectivity index (χ3v) is 3.74. The number of aliphatic hydroxyl groups excluding tert-OH is 1. The quantitative estimate of drug-likeness (QED) is 0.775. The molecule has 0 spiro atoms. The molecular weight excluding hydrogens is 243 g/mol. The third-order valence-electron chi connectivity index (χ3n) is 3.74. The second-order valence-corrected chi connectivity index (χ2v) is 5.38. The summed E-state index contributed by atoms with van der Waals surface area (Å²) < 4.78 is 19.0. The summed E-state index contributed by atoms with van der Waals surface area (Å²) in [5.41, 5.74) is 0.712. The molecule has 0 radical (unpaired) electrons. The molecule has 0 aliphatic carbocycles. The molecule has 2 nitrogen and oxygen atoms in total. The van der Waals surface area contributed by atoms with Crippen LogP contribution in [0.15, 0.2) is 18.2 Å². The van der Waals surface area contributed by atoms with Crippen molar-refractivity contribution in [3.8, 4) is 5.75 Å². The Morgan fingerprint density at radius 1 is 1.26 bits per heavy atom. The molecule has 1 N–H and O–H groups in total. The van der Waals surface area contributed by atoms with Crippen LogP contribution in [-0.4, -0.2) is 11.2 Å². The fourth-order valence-electron chi connectivity index (χ4n) is 2.64. The van der Waals surface area contributed by atoms with Gasteiger partial charge in [0, 0.05) is 18.1 Å². The SMILES string of the molecule is CCCCCCCC1C[C@H](O)c2ccc(F)cc2O1. The van der Waals surface area contributed by atoms with Crippen LogP contribution in [0.25, 0.3) is 0 Å². The summed E-state index contributed by atoms with van der Waals surface area (Å²) in [7, 11) is 0. The Morgan fingerprint density at radius 2 is 2.05 bits per heavy atom. The Balaban J connectivity index is 1.86. The van der Waals surface area contributed by atoms with Gasteiger partial charge >= 0.3 is 0 Å². The van der Waals surface area contributed by atoms with Crippen LogP contribution >= 0.6 is 0 Å². The van der Waals surface area contributed by atoms with Crippen molar-refractivity contribution in [3.05, 3.63) is 29.6 Å². The molecule has 1 unspecified atom stereocenters. The summed E-state index contributed by atoms with van der Waals surface area (Å²) in [6.45, 7) is 2.20. The van der Waals surface area contributed by atoms with Crippen LogP contribution in [0.3, 0.4) is 0 Å². The van der Waals surface area contributed by atoms with Crippen molar-refractivity contribution < 1.29 is 14.2 Å². The maximum Gasteiger partial charge on any atom is 0.128 e. The predicted molar refractivity (Wildman–Crippen MR) is 73.8 cm³/mol. The average molecular weight is 266 g/mol. The van der Waals surface area contributed by atoms with Crippen molar-refractivity contribution in [2.45, 2.75) is 64.1 Å². The zero-order valence-corrected chi connectivity index (χ0v) is 11.6. The van der Waals surface area contributed by atoms with E-state index in [1.165, 1.54) is 37.8 Å². The lowest BCUT2D eigenvalue weighted by Crippen LogP contribution is -2.25. The van der Waals surface area contributed by atoms with Gasteiger partial charge in [-0.2, -0.15) is 0 Å². The third kappa shape index (κ3) is 3.93. The van der Waals surface area contributed by atoms with Gasteiger partial charge in [-0.25, -0.2) is 4.39 Å². The van der Waals surface area contributed by atoms with Gasteiger partial charge in [-0.1, -0.05) is 32.6 Å². The van der Waals surface area contributed by atoms with E-state index in [9.17, 15) is 9.50 Å². The van der Waals surface area contributed by atoms with E-state index >= 15 is 0 Å². The van der Waals surface area contributed by atoms with Gasteiger partial charge < -0.3 is 9.84 Å². The van der Waals surface area contributed by atoms with Crippen LogP contribution < -0.4 is 4.74 Å². The Bertz CT molecular complexity index is 406. The molecule has 0 aromatic heterocycles. The number of unbranched alkanes of at least 4 members (excludes halogenated alkanes) is 4. The van der Waals surface area contributed by atoms with E-state index in [4.69, 9.17) is 4.74 Å². The lowest BCUT2D eigenvalue weighted by Gasteiger charge is -2.29. The number of benzene rings is 1. The molecule has 1 aromatic carbocycles. The summed E-state index contributed by atoms with van der Waals surface area (Å²) in [6.07, 6.45) is 7.16. The minimum Gasteiger partial charge on any atom is -0.490 e. The van der Waals surface area contributed by atoms with Gasteiger partial charge in [-0.05, 0) is 25.0 Å². The molecule has 19 heavy (non-hydrogen) atoms. The number of rotatable bonds is 6. The highest BCUT2D eigenvalue weighted by Gasteiger charge is 2.26. The first-order chi connectivity index (χ1) is 9.20. The van der Waals surface area contributed by atoms with Gasteiger partial charge in [0.25, 0.3) is 0 Å². The van der Waals surface area contributed by atoms with Gasteiger partial charge in [-0.15, -0.1) is 0 Å². The van der Waals surface area contributed by atoms with Crippen molar-refractivity contribution >= 4 is 0 Å². The number of ether oxygens (including phenoxy) is 1. The average Bonchev–Trinajstić information content (AvgIpc) is 2.38. The van der Waals surface area contributed by atoms with Gasteiger partial charge in [0.15, 0.2) is 0 Å². The van der Waals surface area contributed by atoms with Gasteiger partial charge in [0.1, 0.15) is 17.7 Å². The lowest BCUT2D eigenvalue weighted by molar-refractivity contribution is 0.0601. The van der Waals surface area contributed by atoms with Crippen LogP contribution in [0.2, 0.25) is 0 Å². The fraction of sp³-hybridized carbons (Fsp3) is 0.625. The van der Waals surface area contributed by atoms with Crippen LogP contribution in [0.5, 0.6) is 5.75 Å². The van der Waals surface area contributed by atoms with Crippen molar-refractivity contribution in [2.24, 2.45) is 0 Å². The van der Waals surface area contributed by atoms with Crippen LogP contribution in [0, 0.1) is 5.82 Å². The highest BCUT2D eigenvalue weighted by atomic mass is 19.1. The molecule has 0 bridgehead atoms. The second kappa shape index (κ2) is 6.90. The monoisotopic (exact) mass is 266 g/mol. The molecule has 0 saturated carbocycles. The summed E-state index contributed by atoms with van der Waals surface area (Å²) in [5, 5.41) is 10.1. The Morgan fingerprint density at radius 3 is 2.84 bits per heavy atom. The summed E-state index contributed by atoms with van der Waals surface area (Å²) in [5.74, 6) is 0.201. The molecule has 106 valence electrons. The van der Waals surface area contributed by atoms with E-state index in [1.54, 1.807) is 6.07 Å². The molecule has 1 aliphatic heterocycles. The molecule has 1 heterocycles. The molecule has 0 amide bonds. The first kappa shape index (κ1) is 14.3. The molecule has 1 aliphatic rings. The van der Waals surface area contributed by atoms with Crippen LogP contribution in [0.4, 0.5) is 4.39 Å². The number of hydrogen-bond donors (Lipinski definition) is 1. The summed E-state index contributed by atoms with van der Waals surface area (Å²) in [4.78, 5) is 0. The van der Waals surface area contributed by atoms with E-state index < -0.39 is 6.10 Å². The van der Waals surface area contributed by atoms with Crippen LogP contribution in [0.1, 0.15) is 63.5 Å². The Kier molecular flexibility index (Phi) is 5.20. The number of hydrogen-bond acceptors (Lipinski definition) is 2. The number of fused-ring (bicyclic) bond motifs is 1. The Hall–Kier alpha value is -1.09. The Labute approximate surface area is 114 Å². The highest BCUT2D eigenvalue weighted by Crippen LogP contribution is 2.36. The summed E-state index contributed by atoms with van der Waals surface area (Å²) in [6, 6.07) is 4.37. The maximum absolute atomic E-state index is 13.2. The molecule has 0 fully saturated rings. The second-order valence-electron chi connectivity index (χ2n) is 5.38. The molecular formula is C16H23FO2. The molecule has 2 atom stereocenters. The van der Waals surface area contributed by atoms with Crippen molar-refractivity contribution in [3.63, 3.8) is 0 Å². The smallest absolute Gasteiger partial charge is 0.128 e. The molecule has 3 heteroatoms. The minimum absolute atomic E-state index is 0.0194. The topological polar surface area (TPSA) is 29.5 Å². The molecule has 0 saturated heterocycles. The number of halogens is 1. The number of aliphatic hydroxyl groups is 1. The predicted octanol–water partition coefficient (Wildman–Crippen LogP) is 4.37. The lowest BCUT2D eigenvalue weighted by atomic mass is 9.96. The highest BCUT2D eigenvalue weighted by molar-refractivity contribution is 5.37. The summed E-state index contributed by atoms with van der Waals surface area (Å²) >= 11 is 0. The van der Waals surface area contributed by atoms with E-state index in [-0.39, 0.29) is 11.9 Å². The van der Waals surface area contributed by atoms with Gasteiger partial charge in [-0.3, -0.25) is 0 Å². The fourth-order valence-corrected chi connectivity index (χ4v) is 2.64. The van der Waals surface area contributed by atoms with Crippen molar-refractivity contribution in [1.29, 1.82) is 0 Å². The first-order valence-corrected chi connectivity index (χ1v) is 7.35. The zero-order valence-electron chi connectivity index (χ0n) is 11.6. The van der Waals surface area contributed by atoms with Crippen molar-refractivity contribution in [1.82, 2.24) is 0 Å². The van der Waals surface area contributed by atoms with E-state index in [0.29, 0.717) is 17.7 Å². The van der Waals surface area contributed by atoms with Crippen molar-refractivity contribution in [2.75, 3.05) is 0 Å². The van der Waals surface area contributed by atoms with E-state index in [1.807, 2.05) is 0 Å². The van der Waals surface area contributed by atoms with Gasteiger partial charge in [0.05, 0.1) is 6.10 Å². The minimum atomic E-state index is -0.523. The largest absolute Gasteiger partial charge is 0.490 e. The van der Waals surface area contributed by atoms with E-state index in [0.717, 1.165) is 12.8 Å². The molecule has 1 aromatic rings. The standard InChI is InChI=1S/C16H23FO2/c1-2-3-4-5-6-7-13-11-15(18)14-9-8-12(17)10-16(14)19-13/h8-10,13,15,18H,2-7,11H2,1H3/t13?,15-/m0/s1. The normalized spacial score (nSPS) is 21.8.